The average Bonchev–Trinajstić information content (AvgIpc) is 3.27. The number of rotatable bonds is 5. The Bertz CT molecular complexity index is 814. The van der Waals surface area contributed by atoms with Crippen LogP contribution in [0.4, 0.5) is 0 Å². The summed E-state index contributed by atoms with van der Waals surface area (Å²) in [5.74, 6) is -0.132. The van der Waals surface area contributed by atoms with Crippen molar-refractivity contribution in [1.82, 2.24) is 15.2 Å². The zero-order valence-electron chi connectivity index (χ0n) is 14.5. The highest BCUT2D eigenvalue weighted by Gasteiger charge is 2.35. The van der Waals surface area contributed by atoms with Gasteiger partial charge in [0.05, 0.1) is 30.5 Å². The van der Waals surface area contributed by atoms with Crippen LogP contribution < -0.4 is 5.32 Å². The number of carbonyl (C=O) groups is 3. The van der Waals surface area contributed by atoms with Crippen LogP contribution >= 0.6 is 11.3 Å². The molecule has 3 rings (SSSR count). The van der Waals surface area contributed by atoms with E-state index in [1.807, 2.05) is 17.5 Å². The average molecular weight is 377 g/mol. The van der Waals surface area contributed by atoms with E-state index in [1.165, 1.54) is 23.3 Å². The summed E-state index contributed by atoms with van der Waals surface area (Å²) in [5.41, 5.74) is 0.529. The van der Waals surface area contributed by atoms with Crippen LogP contribution in [0.5, 0.6) is 0 Å². The van der Waals surface area contributed by atoms with Crippen LogP contribution in [0.2, 0.25) is 0 Å². The fraction of sp³-hybridized carbons (Fsp3) is 0.412. The number of carbonyl (C=O) groups excluding carboxylic acids is 3. The highest BCUT2D eigenvalue weighted by Crippen LogP contribution is 2.26. The summed E-state index contributed by atoms with van der Waals surface area (Å²) in [6.07, 6.45) is -0.169. The molecule has 8 nitrogen and oxygen atoms in total. The zero-order chi connectivity index (χ0) is 18.7. The van der Waals surface area contributed by atoms with E-state index in [4.69, 9.17) is 4.42 Å². The molecule has 9 heteroatoms. The first-order valence-electron chi connectivity index (χ1n) is 8.13. The molecule has 0 aliphatic carbocycles. The second-order valence-corrected chi connectivity index (χ2v) is 6.80. The number of ether oxygens (including phenoxy) is 1. The number of methoxy groups -OCH3 is 1. The van der Waals surface area contributed by atoms with Crippen molar-refractivity contribution in [1.29, 1.82) is 0 Å². The third kappa shape index (κ3) is 3.77. The minimum Gasteiger partial charge on any atom is -0.469 e. The van der Waals surface area contributed by atoms with Gasteiger partial charge in [0.1, 0.15) is 11.8 Å². The van der Waals surface area contributed by atoms with Gasteiger partial charge in [0.25, 0.3) is 0 Å². The van der Waals surface area contributed by atoms with E-state index in [2.05, 4.69) is 15.0 Å². The summed E-state index contributed by atoms with van der Waals surface area (Å²) in [7, 11) is 1.25. The third-order valence-corrected chi connectivity index (χ3v) is 5.04. The Hall–Kier alpha value is -2.68. The summed E-state index contributed by atoms with van der Waals surface area (Å²) in [5, 5.41) is 4.59. The van der Waals surface area contributed by atoms with Crippen molar-refractivity contribution in [2.24, 2.45) is 0 Å². The van der Waals surface area contributed by atoms with Crippen molar-refractivity contribution >= 4 is 29.1 Å². The molecule has 1 aliphatic heterocycles. The lowest BCUT2D eigenvalue weighted by molar-refractivity contribution is -0.150. The lowest BCUT2D eigenvalue weighted by Crippen LogP contribution is -2.58. The molecule has 2 aromatic heterocycles. The molecule has 1 N–H and O–H groups in total. The predicted molar refractivity (Wildman–Crippen MR) is 93.4 cm³/mol. The summed E-state index contributed by atoms with van der Waals surface area (Å²) in [6.45, 7) is 2.43. The molecule has 1 unspecified atom stereocenters. The van der Waals surface area contributed by atoms with Gasteiger partial charge in [0.2, 0.25) is 17.7 Å². The van der Waals surface area contributed by atoms with E-state index in [0.29, 0.717) is 30.4 Å². The Labute approximate surface area is 154 Å². The molecule has 138 valence electrons. The Kier molecular flexibility index (Phi) is 5.36. The maximum Gasteiger partial charge on any atom is 0.308 e. The fourth-order valence-electron chi connectivity index (χ4n) is 2.80. The molecule has 1 saturated heterocycles. The number of thiophene rings is 1. The SMILES string of the molecule is COC(=O)CC1C(=O)NCCN1C(=O)Cc1nc(-c2cccs2)oc1C. The minimum absolute atomic E-state index is 0.00562. The second kappa shape index (κ2) is 7.69. The normalized spacial score (nSPS) is 17.1. The molecule has 2 aromatic rings. The maximum atomic E-state index is 12.8. The molecule has 1 fully saturated rings. The number of nitrogens with one attached hydrogen (secondary N) is 1. The molecule has 0 aromatic carbocycles. The molecular weight excluding hydrogens is 358 g/mol. The molecule has 0 saturated carbocycles. The summed E-state index contributed by atoms with van der Waals surface area (Å²) < 4.78 is 10.3. The van der Waals surface area contributed by atoms with Gasteiger partial charge in [-0.2, -0.15) is 0 Å². The standard InChI is InChI=1S/C17H19N3O5S/c1-10-11(19-17(25-10)13-4-3-7-26-13)8-14(21)20-6-5-18-16(23)12(20)9-15(22)24-2/h3-4,7,12H,5-6,8-9H2,1-2H3,(H,18,23). The zero-order valence-corrected chi connectivity index (χ0v) is 15.3. The third-order valence-electron chi connectivity index (χ3n) is 4.18. The van der Waals surface area contributed by atoms with Crippen molar-refractivity contribution < 1.29 is 23.5 Å². The Balaban J connectivity index is 1.75. The molecular formula is C17H19N3O5S. The molecule has 1 atom stereocenters. The first-order chi connectivity index (χ1) is 12.5. The number of oxazole rings is 1. The highest BCUT2D eigenvalue weighted by molar-refractivity contribution is 7.13. The fourth-order valence-corrected chi connectivity index (χ4v) is 3.45. The number of esters is 1. The van der Waals surface area contributed by atoms with Crippen LogP contribution in [0.15, 0.2) is 21.9 Å². The molecule has 3 heterocycles. The van der Waals surface area contributed by atoms with Crippen LogP contribution in [0.1, 0.15) is 17.9 Å². The van der Waals surface area contributed by atoms with E-state index in [9.17, 15) is 14.4 Å². The quantitative estimate of drug-likeness (QED) is 0.784. The topological polar surface area (TPSA) is 102 Å². The van der Waals surface area contributed by atoms with Gasteiger partial charge in [-0.15, -0.1) is 11.3 Å². The number of amides is 2. The van der Waals surface area contributed by atoms with Gasteiger partial charge < -0.3 is 19.4 Å². The second-order valence-electron chi connectivity index (χ2n) is 5.85. The number of hydrogen-bond donors (Lipinski definition) is 1. The predicted octanol–water partition coefficient (Wildman–Crippen LogP) is 1.14. The van der Waals surface area contributed by atoms with Gasteiger partial charge in [-0.05, 0) is 18.4 Å². The van der Waals surface area contributed by atoms with Crippen molar-refractivity contribution in [3.63, 3.8) is 0 Å². The number of hydrogen-bond acceptors (Lipinski definition) is 7. The molecule has 0 spiro atoms. The lowest BCUT2D eigenvalue weighted by Gasteiger charge is -2.34. The number of aromatic nitrogens is 1. The van der Waals surface area contributed by atoms with Crippen LogP contribution in [0.3, 0.4) is 0 Å². The number of aryl methyl sites for hydroxylation is 1. The van der Waals surface area contributed by atoms with Crippen molar-refractivity contribution in [3.05, 3.63) is 29.0 Å². The molecule has 2 amide bonds. The Morgan fingerprint density at radius 3 is 3.00 bits per heavy atom. The Morgan fingerprint density at radius 2 is 2.31 bits per heavy atom. The van der Waals surface area contributed by atoms with Gasteiger partial charge in [0.15, 0.2) is 0 Å². The van der Waals surface area contributed by atoms with Crippen molar-refractivity contribution in [2.75, 3.05) is 20.2 Å². The van der Waals surface area contributed by atoms with E-state index in [1.54, 1.807) is 6.92 Å². The van der Waals surface area contributed by atoms with Gasteiger partial charge in [-0.3, -0.25) is 14.4 Å². The van der Waals surface area contributed by atoms with E-state index in [-0.39, 0.29) is 24.7 Å². The van der Waals surface area contributed by atoms with Gasteiger partial charge in [0, 0.05) is 13.1 Å². The van der Waals surface area contributed by atoms with Crippen molar-refractivity contribution in [2.45, 2.75) is 25.8 Å². The summed E-state index contributed by atoms with van der Waals surface area (Å²) in [4.78, 5) is 43.1. The van der Waals surface area contributed by atoms with Crippen LogP contribution in [-0.4, -0.2) is 53.9 Å². The monoisotopic (exact) mass is 377 g/mol. The molecule has 0 bridgehead atoms. The van der Waals surface area contributed by atoms with Crippen LogP contribution in [0, 0.1) is 6.92 Å². The lowest BCUT2D eigenvalue weighted by atomic mass is 10.1. The molecule has 1 aliphatic rings. The van der Waals surface area contributed by atoms with E-state index in [0.717, 1.165) is 4.88 Å². The van der Waals surface area contributed by atoms with Crippen LogP contribution in [-0.2, 0) is 25.5 Å². The van der Waals surface area contributed by atoms with Crippen LogP contribution in [0.25, 0.3) is 10.8 Å². The van der Waals surface area contributed by atoms with Crippen molar-refractivity contribution in [3.8, 4) is 10.8 Å². The molecule has 0 radical (unpaired) electrons. The number of nitrogens with zero attached hydrogens (tertiary/aromatic N) is 2. The largest absolute Gasteiger partial charge is 0.469 e. The smallest absolute Gasteiger partial charge is 0.308 e. The minimum atomic E-state index is -0.868. The highest BCUT2D eigenvalue weighted by atomic mass is 32.1. The van der Waals surface area contributed by atoms with Gasteiger partial charge >= 0.3 is 5.97 Å². The van der Waals surface area contributed by atoms with E-state index < -0.39 is 12.0 Å². The van der Waals surface area contributed by atoms with Gasteiger partial charge in [-0.25, -0.2) is 4.98 Å². The van der Waals surface area contributed by atoms with E-state index >= 15 is 0 Å². The molecule has 26 heavy (non-hydrogen) atoms. The summed E-state index contributed by atoms with van der Waals surface area (Å²) in [6, 6.07) is 2.92. The maximum absolute atomic E-state index is 12.8. The number of piperazine rings is 1. The first kappa shape index (κ1) is 18.1. The Morgan fingerprint density at radius 1 is 1.50 bits per heavy atom. The van der Waals surface area contributed by atoms with Gasteiger partial charge in [-0.1, -0.05) is 6.07 Å². The summed E-state index contributed by atoms with van der Waals surface area (Å²) >= 11 is 1.50. The first-order valence-corrected chi connectivity index (χ1v) is 9.01.